The lowest BCUT2D eigenvalue weighted by Gasteiger charge is -2.36. The molecule has 1 aromatic heterocycles. The smallest absolute Gasteiger partial charge is 0.323 e. The van der Waals surface area contributed by atoms with E-state index in [1.54, 1.807) is 26.4 Å². The molecule has 0 saturated carbocycles. The molecule has 1 atom stereocenters. The molecule has 1 aliphatic rings. The molecule has 2 rings (SSSR count). The predicted octanol–water partition coefficient (Wildman–Crippen LogP) is 0.0514. The van der Waals surface area contributed by atoms with Gasteiger partial charge in [-0.05, 0) is 26.5 Å². The van der Waals surface area contributed by atoms with Crippen LogP contribution in [0.4, 0.5) is 5.95 Å². The fourth-order valence-corrected chi connectivity index (χ4v) is 2.35. The Bertz CT molecular complexity index is 462. The SMILES string of the molecule is CNC(C)(CCN1CCN(c2ncccn2)CC1)C(=O)O. The molecule has 0 spiro atoms. The van der Waals surface area contributed by atoms with Crippen LogP contribution in [0.3, 0.4) is 0 Å². The highest BCUT2D eigenvalue weighted by Crippen LogP contribution is 2.13. The van der Waals surface area contributed by atoms with Gasteiger partial charge in [-0.25, -0.2) is 9.97 Å². The molecule has 1 fully saturated rings. The van der Waals surface area contributed by atoms with Crippen molar-refractivity contribution in [3.05, 3.63) is 18.5 Å². The van der Waals surface area contributed by atoms with Crippen LogP contribution in [-0.2, 0) is 4.79 Å². The fourth-order valence-electron chi connectivity index (χ4n) is 2.35. The van der Waals surface area contributed by atoms with E-state index in [1.165, 1.54) is 0 Å². The maximum Gasteiger partial charge on any atom is 0.323 e. The van der Waals surface area contributed by atoms with Crippen molar-refractivity contribution in [2.45, 2.75) is 18.9 Å². The summed E-state index contributed by atoms with van der Waals surface area (Å²) < 4.78 is 0. The molecule has 1 unspecified atom stereocenters. The molecular weight excluding hydrogens is 270 g/mol. The van der Waals surface area contributed by atoms with E-state index in [2.05, 4.69) is 25.1 Å². The second-order valence-corrected chi connectivity index (χ2v) is 5.51. The van der Waals surface area contributed by atoms with Gasteiger partial charge in [0.2, 0.25) is 5.95 Å². The number of hydrogen-bond donors (Lipinski definition) is 2. The molecule has 116 valence electrons. The first-order valence-electron chi connectivity index (χ1n) is 7.22. The number of nitrogens with one attached hydrogen (secondary N) is 1. The lowest BCUT2D eigenvalue weighted by Crippen LogP contribution is -2.52. The zero-order valence-corrected chi connectivity index (χ0v) is 12.6. The number of nitrogens with zero attached hydrogens (tertiary/aromatic N) is 4. The number of hydrogen-bond acceptors (Lipinski definition) is 6. The summed E-state index contributed by atoms with van der Waals surface area (Å²) >= 11 is 0. The minimum Gasteiger partial charge on any atom is -0.480 e. The zero-order valence-electron chi connectivity index (χ0n) is 12.6. The number of carboxylic acids is 1. The Morgan fingerprint density at radius 2 is 1.95 bits per heavy atom. The molecule has 21 heavy (non-hydrogen) atoms. The van der Waals surface area contributed by atoms with Crippen LogP contribution < -0.4 is 10.2 Å². The van der Waals surface area contributed by atoms with Crippen LogP contribution in [0.5, 0.6) is 0 Å². The zero-order chi connectivity index (χ0) is 15.3. The van der Waals surface area contributed by atoms with Crippen molar-refractivity contribution in [3.8, 4) is 0 Å². The van der Waals surface area contributed by atoms with Gasteiger partial charge in [0, 0.05) is 45.1 Å². The van der Waals surface area contributed by atoms with Gasteiger partial charge in [-0.1, -0.05) is 0 Å². The van der Waals surface area contributed by atoms with Crippen LogP contribution in [-0.4, -0.2) is 71.3 Å². The number of aliphatic carboxylic acids is 1. The molecule has 7 nitrogen and oxygen atoms in total. The third-order valence-corrected chi connectivity index (χ3v) is 4.16. The van der Waals surface area contributed by atoms with E-state index >= 15 is 0 Å². The first-order valence-corrected chi connectivity index (χ1v) is 7.22. The average molecular weight is 293 g/mol. The minimum absolute atomic E-state index is 0.584. The second kappa shape index (κ2) is 6.82. The summed E-state index contributed by atoms with van der Waals surface area (Å²) in [4.78, 5) is 24.2. The van der Waals surface area contributed by atoms with Crippen molar-refractivity contribution in [2.75, 3.05) is 44.7 Å². The lowest BCUT2D eigenvalue weighted by molar-refractivity contribution is -0.144. The molecule has 0 aliphatic carbocycles. The maximum atomic E-state index is 11.3. The summed E-state index contributed by atoms with van der Waals surface area (Å²) in [5, 5.41) is 12.1. The summed E-state index contributed by atoms with van der Waals surface area (Å²) in [5.74, 6) is -0.0379. The van der Waals surface area contributed by atoms with Crippen molar-refractivity contribution in [1.82, 2.24) is 20.2 Å². The van der Waals surface area contributed by atoms with Crippen LogP contribution in [0.2, 0.25) is 0 Å². The molecular formula is C14H23N5O2. The summed E-state index contributed by atoms with van der Waals surface area (Å²) in [6.45, 7) is 6.03. The summed E-state index contributed by atoms with van der Waals surface area (Å²) in [5.41, 5.74) is -0.861. The summed E-state index contributed by atoms with van der Waals surface area (Å²) in [7, 11) is 1.69. The highest BCUT2D eigenvalue weighted by molar-refractivity contribution is 5.78. The molecule has 2 N–H and O–H groups in total. The molecule has 1 saturated heterocycles. The van der Waals surface area contributed by atoms with E-state index in [9.17, 15) is 9.90 Å². The third kappa shape index (κ3) is 3.89. The van der Waals surface area contributed by atoms with Crippen molar-refractivity contribution in [3.63, 3.8) is 0 Å². The highest BCUT2D eigenvalue weighted by atomic mass is 16.4. The van der Waals surface area contributed by atoms with Crippen molar-refractivity contribution in [1.29, 1.82) is 0 Å². The lowest BCUT2D eigenvalue weighted by atomic mass is 9.98. The number of likely N-dealkylation sites (N-methyl/N-ethyl adjacent to an activating group) is 1. The van der Waals surface area contributed by atoms with Gasteiger partial charge in [-0.15, -0.1) is 0 Å². The molecule has 2 heterocycles. The fraction of sp³-hybridized carbons (Fsp3) is 0.643. The number of carboxylic acid groups (broad SMARTS) is 1. The van der Waals surface area contributed by atoms with Gasteiger partial charge >= 0.3 is 5.97 Å². The molecule has 7 heteroatoms. The Morgan fingerprint density at radius 1 is 1.33 bits per heavy atom. The highest BCUT2D eigenvalue weighted by Gasteiger charge is 2.31. The Kier molecular flexibility index (Phi) is 5.08. The van der Waals surface area contributed by atoms with E-state index in [4.69, 9.17) is 0 Å². The van der Waals surface area contributed by atoms with Crippen molar-refractivity contribution >= 4 is 11.9 Å². The number of anilines is 1. The van der Waals surface area contributed by atoms with Gasteiger partial charge in [0.15, 0.2) is 0 Å². The molecule has 1 aliphatic heterocycles. The van der Waals surface area contributed by atoms with Crippen LogP contribution in [0.25, 0.3) is 0 Å². The van der Waals surface area contributed by atoms with Crippen LogP contribution in [0.15, 0.2) is 18.5 Å². The van der Waals surface area contributed by atoms with Crippen molar-refractivity contribution in [2.24, 2.45) is 0 Å². The molecule has 0 radical (unpaired) electrons. The largest absolute Gasteiger partial charge is 0.480 e. The quantitative estimate of drug-likeness (QED) is 0.767. The first-order chi connectivity index (χ1) is 10.0. The van der Waals surface area contributed by atoms with Gasteiger partial charge in [0.1, 0.15) is 5.54 Å². The molecule has 1 aromatic rings. The van der Waals surface area contributed by atoms with E-state index < -0.39 is 11.5 Å². The summed E-state index contributed by atoms with van der Waals surface area (Å²) in [6.07, 6.45) is 4.08. The van der Waals surface area contributed by atoms with E-state index in [1.807, 2.05) is 6.07 Å². The summed E-state index contributed by atoms with van der Waals surface area (Å²) in [6, 6.07) is 1.81. The number of carbonyl (C=O) groups is 1. The van der Waals surface area contributed by atoms with Gasteiger partial charge in [-0.2, -0.15) is 0 Å². The standard InChI is InChI=1S/C14H23N5O2/c1-14(15-2,12(20)21)4-7-18-8-10-19(11-9-18)13-16-5-3-6-17-13/h3,5-6,15H,4,7-11H2,1-2H3,(H,20,21). The van der Waals surface area contributed by atoms with Gasteiger partial charge < -0.3 is 15.3 Å². The molecule has 0 bridgehead atoms. The first kappa shape index (κ1) is 15.7. The second-order valence-electron chi connectivity index (χ2n) is 5.51. The maximum absolute atomic E-state index is 11.3. The Hall–Kier alpha value is -1.73. The van der Waals surface area contributed by atoms with E-state index in [-0.39, 0.29) is 0 Å². The van der Waals surface area contributed by atoms with Crippen LogP contribution >= 0.6 is 0 Å². The minimum atomic E-state index is -0.861. The van der Waals surface area contributed by atoms with Gasteiger partial charge in [0.05, 0.1) is 0 Å². The van der Waals surface area contributed by atoms with E-state index in [0.717, 1.165) is 38.7 Å². The number of rotatable bonds is 6. The molecule has 0 aromatic carbocycles. The Labute approximate surface area is 125 Å². The van der Waals surface area contributed by atoms with Crippen LogP contribution in [0, 0.1) is 0 Å². The molecule has 0 amide bonds. The topological polar surface area (TPSA) is 81.6 Å². The average Bonchev–Trinajstić information content (AvgIpc) is 2.53. The van der Waals surface area contributed by atoms with Gasteiger partial charge in [-0.3, -0.25) is 9.69 Å². The third-order valence-electron chi connectivity index (χ3n) is 4.16. The van der Waals surface area contributed by atoms with Crippen LogP contribution in [0.1, 0.15) is 13.3 Å². The van der Waals surface area contributed by atoms with Crippen molar-refractivity contribution < 1.29 is 9.90 Å². The number of piperazine rings is 1. The monoisotopic (exact) mass is 293 g/mol. The normalized spacial score (nSPS) is 19.2. The van der Waals surface area contributed by atoms with Gasteiger partial charge in [0.25, 0.3) is 0 Å². The Morgan fingerprint density at radius 3 is 2.48 bits per heavy atom. The Balaban J connectivity index is 1.81. The number of aromatic nitrogens is 2. The van der Waals surface area contributed by atoms with E-state index in [0.29, 0.717) is 6.42 Å². The predicted molar refractivity (Wildman–Crippen MR) is 80.4 cm³/mol.